The molecule has 92 valence electrons. The summed E-state index contributed by atoms with van der Waals surface area (Å²) in [5.74, 6) is -1.37. The first-order valence-corrected chi connectivity index (χ1v) is 5.43. The summed E-state index contributed by atoms with van der Waals surface area (Å²) in [7, 11) is 0. The Balaban J connectivity index is 2.13. The van der Waals surface area contributed by atoms with E-state index in [9.17, 15) is 9.18 Å². The molecule has 0 saturated carbocycles. The quantitative estimate of drug-likeness (QED) is 0.897. The molecule has 0 radical (unpaired) electrons. The number of nitrogens with zero attached hydrogens (tertiary/aromatic N) is 2. The van der Waals surface area contributed by atoms with Crippen molar-refractivity contribution < 1.29 is 14.3 Å². The standard InChI is InChI=1S/C13H11FN2O2/c14-11-3-1-2-9(6-11)4-5-10-7-15-8-16-12(10)13(17)18/h1-3,6-8H,4-5H2,(H,17,18). The molecule has 5 heteroatoms. The van der Waals surface area contributed by atoms with E-state index in [1.54, 1.807) is 12.1 Å². The van der Waals surface area contributed by atoms with Gasteiger partial charge in [-0.15, -0.1) is 0 Å². The summed E-state index contributed by atoms with van der Waals surface area (Å²) in [5, 5.41) is 8.96. The van der Waals surface area contributed by atoms with Crippen molar-refractivity contribution in [3.05, 3.63) is 59.4 Å². The van der Waals surface area contributed by atoms with Gasteiger partial charge in [0.15, 0.2) is 5.69 Å². The van der Waals surface area contributed by atoms with Crippen molar-refractivity contribution in [2.24, 2.45) is 0 Å². The summed E-state index contributed by atoms with van der Waals surface area (Å²) in [6.45, 7) is 0. The topological polar surface area (TPSA) is 63.1 Å². The lowest BCUT2D eigenvalue weighted by molar-refractivity contribution is 0.0689. The fourth-order valence-electron chi connectivity index (χ4n) is 1.71. The van der Waals surface area contributed by atoms with E-state index in [0.29, 0.717) is 18.4 Å². The summed E-state index contributed by atoms with van der Waals surface area (Å²) >= 11 is 0. The first-order valence-electron chi connectivity index (χ1n) is 5.43. The van der Waals surface area contributed by atoms with Crippen LogP contribution in [0.3, 0.4) is 0 Å². The summed E-state index contributed by atoms with van der Waals surface area (Å²) in [4.78, 5) is 18.5. The van der Waals surface area contributed by atoms with Crippen LogP contribution in [0.25, 0.3) is 0 Å². The van der Waals surface area contributed by atoms with E-state index >= 15 is 0 Å². The molecule has 18 heavy (non-hydrogen) atoms. The van der Waals surface area contributed by atoms with Gasteiger partial charge in [-0.3, -0.25) is 0 Å². The Morgan fingerprint density at radius 3 is 2.89 bits per heavy atom. The zero-order valence-corrected chi connectivity index (χ0v) is 9.51. The van der Waals surface area contributed by atoms with Crippen molar-refractivity contribution in [1.29, 1.82) is 0 Å². The van der Waals surface area contributed by atoms with Crippen molar-refractivity contribution in [3.63, 3.8) is 0 Å². The number of aromatic carboxylic acids is 1. The van der Waals surface area contributed by atoms with Gasteiger partial charge in [-0.2, -0.15) is 0 Å². The molecule has 2 aromatic rings. The molecular formula is C13H11FN2O2. The van der Waals surface area contributed by atoms with Gasteiger partial charge < -0.3 is 5.11 Å². The van der Waals surface area contributed by atoms with Gasteiger partial charge in [0, 0.05) is 11.8 Å². The average Bonchev–Trinajstić information content (AvgIpc) is 2.37. The highest BCUT2D eigenvalue weighted by atomic mass is 19.1. The summed E-state index contributed by atoms with van der Waals surface area (Å²) in [6.07, 6.45) is 3.70. The van der Waals surface area contributed by atoms with Gasteiger partial charge in [0.2, 0.25) is 0 Å². The number of halogens is 1. The lowest BCUT2D eigenvalue weighted by Crippen LogP contribution is -2.07. The van der Waals surface area contributed by atoms with Gasteiger partial charge in [-0.05, 0) is 30.5 Å². The fraction of sp³-hybridized carbons (Fsp3) is 0.154. The molecule has 2 rings (SSSR count). The summed E-state index contributed by atoms with van der Waals surface area (Å²) in [5.41, 5.74) is 1.37. The minimum Gasteiger partial charge on any atom is -0.477 e. The largest absolute Gasteiger partial charge is 0.477 e. The van der Waals surface area contributed by atoms with Crippen LogP contribution in [0.5, 0.6) is 0 Å². The Bertz CT molecular complexity index is 572. The Labute approximate surface area is 103 Å². The molecule has 0 unspecified atom stereocenters. The molecule has 0 fully saturated rings. The average molecular weight is 246 g/mol. The normalized spacial score (nSPS) is 10.3. The van der Waals surface area contributed by atoms with Gasteiger partial charge in [0.1, 0.15) is 12.1 Å². The highest BCUT2D eigenvalue weighted by Crippen LogP contribution is 2.10. The molecular weight excluding hydrogens is 235 g/mol. The van der Waals surface area contributed by atoms with Crippen LogP contribution < -0.4 is 0 Å². The van der Waals surface area contributed by atoms with Crippen molar-refractivity contribution in [2.45, 2.75) is 12.8 Å². The Kier molecular flexibility index (Phi) is 3.62. The molecule has 1 N–H and O–H groups in total. The number of hydrogen-bond donors (Lipinski definition) is 1. The molecule has 0 aliphatic heterocycles. The van der Waals surface area contributed by atoms with Gasteiger partial charge in [0.25, 0.3) is 0 Å². The minimum absolute atomic E-state index is 0.00130. The lowest BCUT2D eigenvalue weighted by Gasteiger charge is -2.04. The van der Waals surface area contributed by atoms with E-state index in [1.807, 2.05) is 0 Å². The number of benzene rings is 1. The molecule has 0 atom stereocenters. The molecule has 0 amide bonds. The second kappa shape index (κ2) is 5.35. The van der Waals surface area contributed by atoms with Gasteiger partial charge >= 0.3 is 5.97 Å². The van der Waals surface area contributed by atoms with Crippen molar-refractivity contribution >= 4 is 5.97 Å². The Morgan fingerprint density at radius 2 is 2.17 bits per heavy atom. The molecule has 1 heterocycles. The van der Waals surface area contributed by atoms with E-state index in [1.165, 1.54) is 24.7 Å². The van der Waals surface area contributed by atoms with Crippen LogP contribution in [0.1, 0.15) is 21.6 Å². The maximum atomic E-state index is 13.0. The van der Waals surface area contributed by atoms with E-state index in [4.69, 9.17) is 5.11 Å². The SMILES string of the molecule is O=C(O)c1ncncc1CCc1cccc(F)c1. The Morgan fingerprint density at radius 1 is 1.33 bits per heavy atom. The van der Waals surface area contributed by atoms with Gasteiger partial charge in [-0.25, -0.2) is 19.2 Å². The highest BCUT2D eigenvalue weighted by molar-refractivity contribution is 5.86. The third kappa shape index (κ3) is 2.88. The lowest BCUT2D eigenvalue weighted by atomic mass is 10.0. The van der Waals surface area contributed by atoms with Crippen LogP contribution in [-0.2, 0) is 12.8 Å². The van der Waals surface area contributed by atoms with Gasteiger partial charge in [-0.1, -0.05) is 12.1 Å². The van der Waals surface area contributed by atoms with Crippen LogP contribution in [0.4, 0.5) is 4.39 Å². The molecule has 0 saturated heterocycles. The number of aromatic nitrogens is 2. The van der Waals surface area contributed by atoms with Crippen molar-refractivity contribution in [2.75, 3.05) is 0 Å². The number of carboxylic acids is 1. The monoisotopic (exact) mass is 246 g/mol. The molecule has 0 aliphatic carbocycles. The van der Waals surface area contributed by atoms with Crippen LogP contribution in [0.2, 0.25) is 0 Å². The number of hydrogen-bond acceptors (Lipinski definition) is 3. The van der Waals surface area contributed by atoms with Crippen LogP contribution in [0, 0.1) is 5.82 Å². The third-order valence-electron chi connectivity index (χ3n) is 2.56. The second-order valence-electron chi connectivity index (χ2n) is 3.83. The molecule has 1 aromatic carbocycles. The molecule has 1 aromatic heterocycles. The molecule has 0 aliphatic rings. The number of aryl methyl sites for hydroxylation is 2. The van der Waals surface area contributed by atoms with E-state index < -0.39 is 5.97 Å². The number of carboxylic acid groups (broad SMARTS) is 1. The van der Waals surface area contributed by atoms with Crippen molar-refractivity contribution in [3.8, 4) is 0 Å². The third-order valence-corrected chi connectivity index (χ3v) is 2.56. The smallest absolute Gasteiger partial charge is 0.354 e. The predicted octanol–water partition coefficient (Wildman–Crippen LogP) is 2.10. The second-order valence-corrected chi connectivity index (χ2v) is 3.83. The zero-order valence-electron chi connectivity index (χ0n) is 9.51. The molecule has 0 spiro atoms. The van der Waals surface area contributed by atoms with Crippen LogP contribution in [-0.4, -0.2) is 21.0 Å². The first-order chi connectivity index (χ1) is 8.66. The van der Waals surface area contributed by atoms with E-state index in [-0.39, 0.29) is 11.5 Å². The van der Waals surface area contributed by atoms with Crippen molar-refractivity contribution in [1.82, 2.24) is 9.97 Å². The predicted molar refractivity (Wildman–Crippen MR) is 62.8 cm³/mol. The number of carbonyl (C=O) groups is 1. The maximum Gasteiger partial charge on any atom is 0.354 e. The fourth-order valence-corrected chi connectivity index (χ4v) is 1.71. The maximum absolute atomic E-state index is 13.0. The van der Waals surface area contributed by atoms with Crippen LogP contribution in [0.15, 0.2) is 36.8 Å². The minimum atomic E-state index is -1.08. The zero-order chi connectivity index (χ0) is 13.0. The first kappa shape index (κ1) is 12.2. The Hall–Kier alpha value is -2.30. The number of rotatable bonds is 4. The van der Waals surface area contributed by atoms with E-state index in [0.717, 1.165) is 5.56 Å². The molecule has 0 bridgehead atoms. The van der Waals surface area contributed by atoms with E-state index in [2.05, 4.69) is 9.97 Å². The summed E-state index contributed by atoms with van der Waals surface area (Å²) in [6, 6.07) is 6.24. The van der Waals surface area contributed by atoms with Gasteiger partial charge in [0.05, 0.1) is 0 Å². The van der Waals surface area contributed by atoms with Crippen LogP contribution >= 0.6 is 0 Å². The summed E-state index contributed by atoms with van der Waals surface area (Å²) < 4.78 is 13.0. The highest BCUT2D eigenvalue weighted by Gasteiger charge is 2.11. The molecule has 4 nitrogen and oxygen atoms in total.